The minimum Gasteiger partial charge on any atom is -0.494 e. The maximum absolute atomic E-state index is 6.07. The highest BCUT2D eigenvalue weighted by Gasteiger charge is 2.13. The number of rotatable bonds is 10. The van der Waals surface area contributed by atoms with Crippen molar-refractivity contribution in [2.45, 2.75) is 58.8 Å². The monoisotopic (exact) mass is 339 g/mol. The molecular formula is C23H33NO. The molecule has 1 atom stereocenters. The van der Waals surface area contributed by atoms with E-state index in [1.165, 1.54) is 41.5 Å². The minimum atomic E-state index is 0.362. The van der Waals surface area contributed by atoms with Crippen LogP contribution in [0.25, 0.3) is 0 Å². The number of aryl methyl sites for hydroxylation is 2. The molecule has 0 aromatic heterocycles. The largest absolute Gasteiger partial charge is 0.494 e. The average Bonchev–Trinajstić information content (AvgIpc) is 2.61. The topological polar surface area (TPSA) is 35.2 Å². The molecule has 2 rings (SSSR count). The lowest BCUT2D eigenvalue weighted by Crippen LogP contribution is -2.16. The first-order valence-corrected chi connectivity index (χ1v) is 9.63. The molecule has 2 aromatic rings. The molecule has 2 heteroatoms. The molecule has 25 heavy (non-hydrogen) atoms. The first kappa shape index (κ1) is 19.5. The van der Waals surface area contributed by atoms with Crippen molar-refractivity contribution >= 4 is 0 Å². The Balaban J connectivity index is 1.92. The third-order valence-corrected chi connectivity index (χ3v) is 4.82. The van der Waals surface area contributed by atoms with Gasteiger partial charge in [0.25, 0.3) is 0 Å². The standard InChI is InChI=1S/C23H33NO/c1-4-5-6-7-14-25-22-11-9-20(10-12-22)16-21(17-24)23-13-8-18(2)15-19(23)3/h8-13,15,21H,4-7,14,16-17,24H2,1-3H3. The second-order valence-electron chi connectivity index (χ2n) is 7.05. The maximum Gasteiger partial charge on any atom is 0.119 e. The summed E-state index contributed by atoms with van der Waals surface area (Å²) in [6, 6.07) is 15.2. The fraction of sp³-hybridized carbons (Fsp3) is 0.478. The number of nitrogens with two attached hydrogens (primary N) is 1. The summed E-state index contributed by atoms with van der Waals surface area (Å²) in [6.07, 6.45) is 5.91. The summed E-state index contributed by atoms with van der Waals surface area (Å²) < 4.78 is 5.83. The molecule has 136 valence electrons. The molecule has 0 aliphatic heterocycles. The van der Waals surface area contributed by atoms with Crippen LogP contribution in [0.5, 0.6) is 5.75 Å². The van der Waals surface area contributed by atoms with Gasteiger partial charge in [0.1, 0.15) is 5.75 Å². The average molecular weight is 340 g/mol. The maximum atomic E-state index is 6.07. The van der Waals surface area contributed by atoms with E-state index in [0.29, 0.717) is 12.5 Å². The molecule has 2 aromatic carbocycles. The lowest BCUT2D eigenvalue weighted by molar-refractivity contribution is 0.305. The van der Waals surface area contributed by atoms with Crippen LogP contribution in [0.2, 0.25) is 0 Å². The normalized spacial score (nSPS) is 12.2. The second-order valence-corrected chi connectivity index (χ2v) is 7.05. The van der Waals surface area contributed by atoms with Crippen molar-refractivity contribution in [3.63, 3.8) is 0 Å². The van der Waals surface area contributed by atoms with Gasteiger partial charge in [0.2, 0.25) is 0 Å². The van der Waals surface area contributed by atoms with Crippen LogP contribution in [0.4, 0.5) is 0 Å². The number of hydrogen-bond acceptors (Lipinski definition) is 2. The van der Waals surface area contributed by atoms with E-state index in [4.69, 9.17) is 10.5 Å². The Morgan fingerprint density at radius 2 is 1.72 bits per heavy atom. The van der Waals surface area contributed by atoms with E-state index >= 15 is 0 Å². The summed E-state index contributed by atoms with van der Waals surface area (Å²) in [6.45, 7) is 8.02. The quantitative estimate of drug-likeness (QED) is 0.576. The molecule has 0 spiro atoms. The Labute approximate surface area is 153 Å². The molecule has 0 radical (unpaired) electrons. The smallest absolute Gasteiger partial charge is 0.119 e. The highest BCUT2D eigenvalue weighted by atomic mass is 16.5. The summed E-state index contributed by atoms with van der Waals surface area (Å²) in [5, 5.41) is 0. The van der Waals surface area contributed by atoms with E-state index in [0.717, 1.165) is 25.2 Å². The highest BCUT2D eigenvalue weighted by Crippen LogP contribution is 2.25. The van der Waals surface area contributed by atoms with Gasteiger partial charge in [-0.25, -0.2) is 0 Å². The van der Waals surface area contributed by atoms with Crippen molar-refractivity contribution in [3.8, 4) is 5.75 Å². The fourth-order valence-electron chi connectivity index (χ4n) is 3.33. The van der Waals surface area contributed by atoms with Gasteiger partial charge in [-0.05, 0) is 62.1 Å². The summed E-state index contributed by atoms with van der Waals surface area (Å²) in [4.78, 5) is 0. The Morgan fingerprint density at radius 3 is 2.36 bits per heavy atom. The van der Waals surface area contributed by atoms with Gasteiger partial charge in [0.15, 0.2) is 0 Å². The summed E-state index contributed by atoms with van der Waals surface area (Å²) >= 11 is 0. The van der Waals surface area contributed by atoms with Gasteiger partial charge >= 0.3 is 0 Å². The minimum absolute atomic E-state index is 0.362. The van der Waals surface area contributed by atoms with Crippen LogP contribution < -0.4 is 10.5 Å². The van der Waals surface area contributed by atoms with E-state index in [9.17, 15) is 0 Å². The zero-order valence-corrected chi connectivity index (χ0v) is 16.1. The molecule has 0 saturated carbocycles. The van der Waals surface area contributed by atoms with Crippen molar-refractivity contribution < 1.29 is 4.74 Å². The van der Waals surface area contributed by atoms with Gasteiger partial charge in [0.05, 0.1) is 6.61 Å². The van der Waals surface area contributed by atoms with Crippen LogP contribution in [0, 0.1) is 13.8 Å². The van der Waals surface area contributed by atoms with Gasteiger partial charge in [0, 0.05) is 5.92 Å². The Hall–Kier alpha value is -1.80. The highest BCUT2D eigenvalue weighted by molar-refractivity contribution is 5.35. The molecule has 0 saturated heterocycles. The van der Waals surface area contributed by atoms with Crippen LogP contribution in [0.15, 0.2) is 42.5 Å². The van der Waals surface area contributed by atoms with Crippen LogP contribution in [0.1, 0.15) is 60.8 Å². The Morgan fingerprint density at radius 1 is 0.960 bits per heavy atom. The summed E-state index contributed by atoms with van der Waals surface area (Å²) in [7, 11) is 0. The number of ether oxygens (including phenoxy) is 1. The van der Waals surface area contributed by atoms with Gasteiger partial charge in [-0.1, -0.05) is 62.1 Å². The van der Waals surface area contributed by atoms with Crippen molar-refractivity contribution in [1.29, 1.82) is 0 Å². The predicted octanol–water partition coefficient (Wildman–Crippen LogP) is 5.55. The lowest BCUT2D eigenvalue weighted by Gasteiger charge is -2.18. The lowest BCUT2D eigenvalue weighted by atomic mass is 9.88. The van der Waals surface area contributed by atoms with Crippen LogP contribution >= 0.6 is 0 Å². The number of hydrogen-bond donors (Lipinski definition) is 1. The zero-order chi connectivity index (χ0) is 18.1. The van der Waals surface area contributed by atoms with E-state index in [2.05, 4.69) is 63.2 Å². The van der Waals surface area contributed by atoms with Crippen molar-refractivity contribution in [1.82, 2.24) is 0 Å². The van der Waals surface area contributed by atoms with Gasteiger partial charge in [-0.15, -0.1) is 0 Å². The number of unbranched alkanes of at least 4 members (excludes halogenated alkanes) is 3. The predicted molar refractivity (Wildman–Crippen MR) is 107 cm³/mol. The molecule has 0 heterocycles. The van der Waals surface area contributed by atoms with Crippen LogP contribution in [0.3, 0.4) is 0 Å². The first-order valence-electron chi connectivity index (χ1n) is 9.63. The third kappa shape index (κ3) is 6.21. The summed E-state index contributed by atoms with van der Waals surface area (Å²) in [5.41, 5.74) is 11.4. The molecule has 0 amide bonds. The van der Waals surface area contributed by atoms with Crippen molar-refractivity contribution in [3.05, 3.63) is 64.7 Å². The molecule has 0 aliphatic carbocycles. The zero-order valence-electron chi connectivity index (χ0n) is 16.1. The molecule has 2 N–H and O–H groups in total. The second kappa shape index (κ2) is 10.2. The third-order valence-electron chi connectivity index (χ3n) is 4.82. The molecule has 0 aliphatic rings. The summed E-state index contributed by atoms with van der Waals surface area (Å²) in [5.74, 6) is 1.33. The molecular weight excluding hydrogens is 306 g/mol. The number of benzene rings is 2. The van der Waals surface area contributed by atoms with E-state index in [1.54, 1.807) is 0 Å². The van der Waals surface area contributed by atoms with Crippen LogP contribution in [-0.4, -0.2) is 13.2 Å². The molecule has 0 bridgehead atoms. The van der Waals surface area contributed by atoms with E-state index in [-0.39, 0.29) is 0 Å². The Kier molecular flexibility index (Phi) is 8.00. The first-order chi connectivity index (χ1) is 12.1. The van der Waals surface area contributed by atoms with Gasteiger partial charge < -0.3 is 10.5 Å². The van der Waals surface area contributed by atoms with E-state index in [1.807, 2.05) is 0 Å². The molecule has 2 nitrogen and oxygen atoms in total. The van der Waals surface area contributed by atoms with Crippen molar-refractivity contribution in [2.24, 2.45) is 5.73 Å². The fourth-order valence-corrected chi connectivity index (χ4v) is 3.33. The SMILES string of the molecule is CCCCCCOc1ccc(CC(CN)c2ccc(C)cc2C)cc1. The van der Waals surface area contributed by atoms with Crippen LogP contribution in [-0.2, 0) is 6.42 Å². The van der Waals surface area contributed by atoms with Gasteiger partial charge in [-0.2, -0.15) is 0 Å². The molecule has 0 fully saturated rings. The van der Waals surface area contributed by atoms with E-state index < -0.39 is 0 Å². The molecule has 1 unspecified atom stereocenters. The van der Waals surface area contributed by atoms with Gasteiger partial charge in [-0.3, -0.25) is 0 Å². The van der Waals surface area contributed by atoms with Crippen molar-refractivity contribution in [2.75, 3.05) is 13.2 Å². The Bertz CT molecular complexity index is 633.